The van der Waals surface area contributed by atoms with Gasteiger partial charge in [0, 0.05) is 45.2 Å². The lowest BCUT2D eigenvalue weighted by Gasteiger charge is -2.36. The van der Waals surface area contributed by atoms with Gasteiger partial charge in [0.05, 0.1) is 13.2 Å². The number of carbonyl (C=O) groups excluding carboxylic acids is 1. The number of aliphatic imine (C=N–C) groups is 1. The zero-order valence-corrected chi connectivity index (χ0v) is 20.1. The molecular weight excluding hydrogens is 498 g/mol. The number of amides is 1. The molecule has 8 heteroatoms. The first-order chi connectivity index (χ1) is 14.2. The van der Waals surface area contributed by atoms with Crippen molar-refractivity contribution in [2.24, 2.45) is 10.9 Å². The van der Waals surface area contributed by atoms with Crippen LogP contribution in [0.25, 0.3) is 0 Å². The van der Waals surface area contributed by atoms with Crippen molar-refractivity contribution in [2.75, 3.05) is 52.5 Å². The molecule has 0 radical (unpaired) electrons. The molecule has 0 aromatic heterocycles. The van der Waals surface area contributed by atoms with Crippen LogP contribution in [0, 0.1) is 11.7 Å². The highest BCUT2D eigenvalue weighted by Crippen LogP contribution is 2.20. The lowest BCUT2D eigenvalue weighted by molar-refractivity contribution is -0.140. The van der Waals surface area contributed by atoms with Crippen molar-refractivity contribution in [3.05, 3.63) is 35.6 Å². The Kier molecular flexibility index (Phi) is 10.8. The largest absolute Gasteiger partial charge is 0.378 e. The Labute approximate surface area is 196 Å². The summed E-state index contributed by atoms with van der Waals surface area (Å²) < 4.78 is 18.6. The summed E-state index contributed by atoms with van der Waals surface area (Å²) in [6.07, 6.45) is 3.43. The number of hydrogen-bond acceptors (Lipinski definition) is 3. The van der Waals surface area contributed by atoms with Crippen LogP contribution < -0.4 is 5.32 Å². The molecular formula is C22H34FIN4O2. The van der Waals surface area contributed by atoms with Gasteiger partial charge in [-0.25, -0.2) is 4.39 Å². The second-order valence-corrected chi connectivity index (χ2v) is 7.67. The number of benzene rings is 1. The Morgan fingerprint density at radius 2 is 1.93 bits per heavy atom. The van der Waals surface area contributed by atoms with Crippen molar-refractivity contribution in [3.63, 3.8) is 0 Å². The van der Waals surface area contributed by atoms with E-state index in [1.54, 1.807) is 12.1 Å². The van der Waals surface area contributed by atoms with Crippen molar-refractivity contribution >= 4 is 35.8 Å². The van der Waals surface area contributed by atoms with Crippen molar-refractivity contribution in [2.45, 2.75) is 32.6 Å². The second kappa shape index (κ2) is 13.1. The molecule has 2 fully saturated rings. The Morgan fingerprint density at radius 3 is 2.60 bits per heavy atom. The number of morpholine rings is 1. The number of aryl methyl sites for hydroxylation is 1. The molecule has 1 aromatic carbocycles. The lowest BCUT2D eigenvalue weighted by Crippen LogP contribution is -2.50. The van der Waals surface area contributed by atoms with Gasteiger partial charge in [-0.1, -0.05) is 12.1 Å². The number of nitrogens with zero attached hydrogens (tertiary/aromatic N) is 3. The molecule has 0 spiro atoms. The minimum atomic E-state index is -0.186. The summed E-state index contributed by atoms with van der Waals surface area (Å²) in [4.78, 5) is 21.7. The highest BCUT2D eigenvalue weighted by molar-refractivity contribution is 14.0. The summed E-state index contributed by atoms with van der Waals surface area (Å²) in [5.41, 5.74) is 1.01. The maximum Gasteiger partial charge on any atom is 0.225 e. The highest BCUT2D eigenvalue weighted by Gasteiger charge is 2.30. The molecule has 2 heterocycles. The molecule has 30 heavy (non-hydrogen) atoms. The van der Waals surface area contributed by atoms with Crippen molar-refractivity contribution in [1.29, 1.82) is 0 Å². The van der Waals surface area contributed by atoms with E-state index in [9.17, 15) is 9.18 Å². The monoisotopic (exact) mass is 532 g/mol. The number of rotatable bonds is 6. The molecule has 0 saturated carbocycles. The van der Waals surface area contributed by atoms with Gasteiger partial charge in [0.15, 0.2) is 5.96 Å². The fourth-order valence-electron chi connectivity index (χ4n) is 3.97. The number of guanidine groups is 1. The van der Waals surface area contributed by atoms with Crippen LogP contribution in [0.2, 0.25) is 0 Å². The Balaban J connectivity index is 0.00000320. The van der Waals surface area contributed by atoms with Crippen LogP contribution in [0.1, 0.15) is 31.7 Å². The second-order valence-electron chi connectivity index (χ2n) is 7.67. The molecule has 6 nitrogen and oxygen atoms in total. The molecule has 0 bridgehead atoms. The van der Waals surface area contributed by atoms with E-state index in [-0.39, 0.29) is 41.6 Å². The van der Waals surface area contributed by atoms with Gasteiger partial charge in [-0.2, -0.15) is 0 Å². The van der Waals surface area contributed by atoms with Gasteiger partial charge in [-0.15, -0.1) is 24.0 Å². The van der Waals surface area contributed by atoms with Crippen molar-refractivity contribution in [1.82, 2.24) is 15.1 Å². The first-order valence-corrected chi connectivity index (χ1v) is 10.8. The van der Waals surface area contributed by atoms with Gasteiger partial charge in [0.2, 0.25) is 5.91 Å². The molecule has 0 atom stereocenters. The number of hydrogen-bond donors (Lipinski definition) is 1. The lowest BCUT2D eigenvalue weighted by atomic mass is 9.95. The first-order valence-electron chi connectivity index (χ1n) is 10.8. The molecule has 1 N–H and O–H groups in total. The van der Waals surface area contributed by atoms with E-state index < -0.39 is 0 Å². The predicted octanol–water partition coefficient (Wildman–Crippen LogP) is 2.91. The summed E-state index contributed by atoms with van der Waals surface area (Å²) in [5, 5.41) is 3.37. The van der Waals surface area contributed by atoms with Crippen molar-refractivity contribution < 1.29 is 13.9 Å². The minimum absolute atomic E-state index is 0. The Bertz CT molecular complexity index is 689. The van der Waals surface area contributed by atoms with Crippen LogP contribution >= 0.6 is 24.0 Å². The number of likely N-dealkylation sites (tertiary alicyclic amines) is 1. The third-order valence-electron chi connectivity index (χ3n) is 5.58. The standard InChI is InChI=1S/C22H33FN4O2.HI/c1-2-24-22(25-10-4-6-18-5-3-7-20(23)17-18)27-11-8-19(9-12-27)21(28)26-13-15-29-16-14-26;/h3,5,7,17,19H,2,4,6,8-16H2,1H3,(H,24,25);1H. The third kappa shape index (κ3) is 7.37. The average Bonchev–Trinajstić information content (AvgIpc) is 2.76. The zero-order valence-electron chi connectivity index (χ0n) is 17.8. The smallest absolute Gasteiger partial charge is 0.225 e. The summed E-state index contributed by atoms with van der Waals surface area (Å²) in [6, 6.07) is 6.76. The number of carbonyl (C=O) groups is 1. The Hall–Kier alpha value is -1.42. The fraction of sp³-hybridized carbons (Fsp3) is 0.636. The van der Waals surface area contributed by atoms with Crippen LogP contribution in [-0.2, 0) is 16.0 Å². The van der Waals surface area contributed by atoms with Gasteiger partial charge in [0.1, 0.15) is 5.82 Å². The number of piperidine rings is 1. The number of halogens is 2. The number of ether oxygens (including phenoxy) is 1. The van der Waals surface area contributed by atoms with E-state index in [0.29, 0.717) is 32.8 Å². The van der Waals surface area contributed by atoms with E-state index in [0.717, 1.165) is 56.8 Å². The Morgan fingerprint density at radius 1 is 1.20 bits per heavy atom. The summed E-state index contributed by atoms with van der Waals surface area (Å²) in [5.74, 6) is 1.13. The summed E-state index contributed by atoms with van der Waals surface area (Å²) in [7, 11) is 0. The SMILES string of the molecule is CCNC(=NCCCc1cccc(F)c1)N1CCC(C(=O)N2CCOCC2)CC1.I. The molecule has 3 rings (SSSR count). The molecule has 168 valence electrons. The molecule has 2 saturated heterocycles. The van der Waals surface area contributed by atoms with E-state index in [1.807, 2.05) is 11.0 Å². The van der Waals surface area contributed by atoms with Gasteiger partial charge in [0.25, 0.3) is 0 Å². The average molecular weight is 532 g/mol. The van der Waals surface area contributed by atoms with Gasteiger partial charge in [-0.3, -0.25) is 9.79 Å². The molecule has 0 unspecified atom stereocenters. The fourth-order valence-corrected chi connectivity index (χ4v) is 3.97. The molecule has 2 aliphatic rings. The topological polar surface area (TPSA) is 57.2 Å². The molecule has 2 aliphatic heterocycles. The van der Waals surface area contributed by atoms with E-state index in [1.165, 1.54) is 6.07 Å². The first kappa shape index (κ1) is 24.8. The van der Waals surface area contributed by atoms with Crippen LogP contribution in [0.15, 0.2) is 29.3 Å². The van der Waals surface area contributed by atoms with Crippen LogP contribution in [0.3, 0.4) is 0 Å². The quantitative estimate of drug-likeness (QED) is 0.265. The highest BCUT2D eigenvalue weighted by atomic mass is 127. The maximum absolute atomic E-state index is 13.3. The molecule has 1 aromatic rings. The minimum Gasteiger partial charge on any atom is -0.378 e. The van der Waals surface area contributed by atoms with E-state index in [2.05, 4.69) is 17.1 Å². The summed E-state index contributed by atoms with van der Waals surface area (Å²) >= 11 is 0. The maximum atomic E-state index is 13.3. The van der Waals surface area contributed by atoms with Crippen LogP contribution in [0.5, 0.6) is 0 Å². The van der Waals surface area contributed by atoms with E-state index in [4.69, 9.17) is 9.73 Å². The number of nitrogens with one attached hydrogen (secondary N) is 1. The van der Waals surface area contributed by atoms with Crippen LogP contribution in [0.4, 0.5) is 4.39 Å². The van der Waals surface area contributed by atoms with E-state index >= 15 is 0 Å². The van der Waals surface area contributed by atoms with Gasteiger partial charge in [-0.05, 0) is 50.3 Å². The normalized spacial score (nSPS) is 18.1. The summed E-state index contributed by atoms with van der Waals surface area (Å²) in [6.45, 7) is 8.00. The van der Waals surface area contributed by atoms with Crippen molar-refractivity contribution in [3.8, 4) is 0 Å². The van der Waals surface area contributed by atoms with Gasteiger partial charge >= 0.3 is 0 Å². The third-order valence-corrected chi connectivity index (χ3v) is 5.58. The van der Waals surface area contributed by atoms with Gasteiger partial charge < -0.3 is 19.9 Å². The predicted molar refractivity (Wildman–Crippen MR) is 128 cm³/mol. The molecule has 0 aliphatic carbocycles. The van der Waals surface area contributed by atoms with Crippen LogP contribution in [-0.4, -0.2) is 74.1 Å². The zero-order chi connectivity index (χ0) is 20.5. The molecule has 1 amide bonds.